The average Bonchev–Trinajstić information content (AvgIpc) is 2.65. The molecule has 27 heavy (non-hydrogen) atoms. The highest BCUT2D eigenvalue weighted by atomic mass is 127. The molecule has 152 valence electrons. The summed E-state index contributed by atoms with van der Waals surface area (Å²) in [6.07, 6.45) is 4.00. The number of alkyl halides is 2. The van der Waals surface area contributed by atoms with Crippen LogP contribution >= 0.6 is 20.7 Å². The van der Waals surface area contributed by atoms with Gasteiger partial charge in [0.1, 0.15) is 5.75 Å². The fourth-order valence-corrected chi connectivity index (χ4v) is 5.73. The second kappa shape index (κ2) is 8.78. The van der Waals surface area contributed by atoms with Gasteiger partial charge in [-0.1, -0.05) is 45.0 Å². The zero-order valence-corrected chi connectivity index (χ0v) is 17.8. The fraction of sp³-hybridized carbons (Fsp3) is 0.667. The molecule has 0 unspecified atom stereocenters. The van der Waals surface area contributed by atoms with Crippen molar-refractivity contribution in [1.82, 2.24) is 0 Å². The first-order valence-corrected chi connectivity index (χ1v) is 12.3. The van der Waals surface area contributed by atoms with Crippen LogP contribution in [0.4, 0.5) is 17.6 Å². The number of rotatable bonds is 5. The third kappa shape index (κ3) is 5.04. The van der Waals surface area contributed by atoms with E-state index in [0.717, 1.165) is 18.8 Å². The minimum absolute atomic E-state index is 0.0508. The van der Waals surface area contributed by atoms with Crippen LogP contribution in [0.5, 0.6) is 5.75 Å². The van der Waals surface area contributed by atoms with E-state index in [1.54, 1.807) is 0 Å². The molecule has 0 aliphatic heterocycles. The Labute approximate surface area is 168 Å². The highest BCUT2D eigenvalue weighted by Crippen LogP contribution is 2.45. The van der Waals surface area contributed by atoms with E-state index in [0.29, 0.717) is 30.7 Å². The molecule has 0 bridgehead atoms. The van der Waals surface area contributed by atoms with Gasteiger partial charge in [0.2, 0.25) is 0 Å². The van der Waals surface area contributed by atoms with E-state index in [1.807, 2.05) is 0 Å². The second-order valence-corrected chi connectivity index (χ2v) is 10.1. The summed E-state index contributed by atoms with van der Waals surface area (Å²) in [5, 5.41) is 0. The molecule has 2 aliphatic rings. The molecule has 0 saturated heterocycles. The Morgan fingerprint density at radius 3 is 2.07 bits per heavy atom. The standard InChI is InChI=1S/C21H27F4IO/c1-13-3-5-14(6-4-13)15-7-9-16(10-8-15)21(24,25)27-17-11-18(22)20(23)19(12-17)26-2/h11-16H,2-10H2,1H3. The van der Waals surface area contributed by atoms with Gasteiger partial charge >= 0.3 is 6.11 Å². The van der Waals surface area contributed by atoms with Crippen LogP contribution in [0.3, 0.4) is 0 Å². The molecule has 3 rings (SSSR count). The number of hydrogen-bond donors (Lipinski definition) is 0. The smallest absolute Gasteiger partial charge is 0.400 e. The molecule has 0 amide bonds. The number of ether oxygens (including phenoxy) is 1. The molecule has 2 aliphatic carbocycles. The minimum Gasteiger partial charge on any atom is -0.432 e. The second-order valence-electron chi connectivity index (χ2n) is 8.13. The van der Waals surface area contributed by atoms with Crippen LogP contribution < -0.4 is 4.74 Å². The molecular formula is C21H27F4IO. The van der Waals surface area contributed by atoms with Gasteiger partial charge in [-0.3, -0.25) is 0 Å². The van der Waals surface area contributed by atoms with Crippen molar-refractivity contribution in [3.8, 4) is 5.75 Å². The Hall–Kier alpha value is -0.660. The van der Waals surface area contributed by atoms with Crippen molar-refractivity contribution in [2.24, 2.45) is 23.7 Å². The van der Waals surface area contributed by atoms with E-state index >= 15 is 0 Å². The molecule has 1 aromatic carbocycles. The maximum atomic E-state index is 14.6. The molecular weight excluding hydrogens is 471 g/mol. The molecule has 0 aromatic heterocycles. The van der Waals surface area contributed by atoms with Gasteiger partial charge in [0.25, 0.3) is 0 Å². The lowest BCUT2D eigenvalue weighted by atomic mass is 9.69. The van der Waals surface area contributed by atoms with Gasteiger partial charge in [-0.05, 0) is 62.3 Å². The fourth-order valence-electron chi connectivity index (χ4n) is 4.61. The van der Waals surface area contributed by atoms with E-state index in [9.17, 15) is 17.6 Å². The van der Waals surface area contributed by atoms with Crippen LogP contribution in [0.1, 0.15) is 58.3 Å². The molecule has 1 nitrogen and oxygen atoms in total. The summed E-state index contributed by atoms with van der Waals surface area (Å²) in [5.41, 5.74) is 0. The predicted octanol–water partition coefficient (Wildman–Crippen LogP) is 7.14. The van der Waals surface area contributed by atoms with Crippen molar-refractivity contribution in [2.75, 3.05) is 0 Å². The molecule has 0 spiro atoms. The SMILES string of the molecule is C=Ic1cc(OC(F)(F)C2CCC(C3CCC(C)CC3)CC2)cc(F)c1F. The van der Waals surface area contributed by atoms with Crippen LogP contribution in [-0.4, -0.2) is 10.6 Å². The number of benzene rings is 1. The summed E-state index contributed by atoms with van der Waals surface area (Å²) in [5.74, 6) is -1.34. The van der Waals surface area contributed by atoms with Gasteiger partial charge in [-0.15, -0.1) is 0 Å². The van der Waals surface area contributed by atoms with Crippen LogP contribution in [0, 0.1) is 38.9 Å². The molecule has 0 atom stereocenters. The third-order valence-electron chi connectivity index (χ3n) is 6.33. The largest absolute Gasteiger partial charge is 0.432 e. The zero-order chi connectivity index (χ0) is 19.6. The maximum Gasteiger partial charge on any atom is 0.400 e. The third-order valence-corrected chi connectivity index (χ3v) is 7.94. The lowest BCUT2D eigenvalue weighted by Crippen LogP contribution is -2.38. The van der Waals surface area contributed by atoms with Gasteiger partial charge in [-0.25, -0.2) is 8.78 Å². The average molecular weight is 498 g/mol. The van der Waals surface area contributed by atoms with Crippen molar-refractivity contribution in [1.29, 1.82) is 0 Å². The topological polar surface area (TPSA) is 9.23 Å². The van der Waals surface area contributed by atoms with Gasteiger partial charge in [-0.2, -0.15) is 8.78 Å². The van der Waals surface area contributed by atoms with Crippen LogP contribution in [0.15, 0.2) is 12.1 Å². The summed E-state index contributed by atoms with van der Waals surface area (Å²) in [6, 6.07) is 1.88. The van der Waals surface area contributed by atoms with Crippen molar-refractivity contribution >= 4 is 25.2 Å². The Bertz CT molecular complexity index is 662. The molecule has 6 heteroatoms. The molecule has 2 fully saturated rings. The van der Waals surface area contributed by atoms with Crippen LogP contribution in [-0.2, 0) is 0 Å². The first kappa shape index (κ1) is 21.1. The quantitative estimate of drug-likeness (QED) is 0.238. The molecule has 2 saturated carbocycles. The predicted molar refractivity (Wildman–Crippen MR) is 108 cm³/mol. The van der Waals surface area contributed by atoms with Gasteiger partial charge in [0, 0.05) is 9.64 Å². The molecule has 0 N–H and O–H groups in total. The van der Waals surface area contributed by atoms with Gasteiger partial charge in [0.15, 0.2) is 11.6 Å². The van der Waals surface area contributed by atoms with Crippen LogP contribution in [0.25, 0.3) is 0 Å². The highest BCUT2D eigenvalue weighted by Gasteiger charge is 2.45. The lowest BCUT2D eigenvalue weighted by molar-refractivity contribution is -0.224. The Morgan fingerprint density at radius 1 is 0.963 bits per heavy atom. The van der Waals surface area contributed by atoms with E-state index in [2.05, 4.69) is 11.4 Å². The molecule has 1 aromatic rings. The summed E-state index contributed by atoms with van der Waals surface area (Å²) in [4.78, 5) is 0. The van der Waals surface area contributed by atoms with Crippen molar-refractivity contribution in [3.63, 3.8) is 0 Å². The van der Waals surface area contributed by atoms with E-state index in [-0.39, 0.29) is 9.32 Å². The summed E-state index contributed by atoms with van der Waals surface area (Å²) in [7, 11) is 0. The minimum atomic E-state index is -3.37. The summed E-state index contributed by atoms with van der Waals surface area (Å²) >= 11 is -1.01. The highest BCUT2D eigenvalue weighted by molar-refractivity contribution is 14.2. The van der Waals surface area contributed by atoms with Gasteiger partial charge < -0.3 is 4.74 Å². The summed E-state index contributed by atoms with van der Waals surface area (Å²) < 4.78 is 65.0. The van der Waals surface area contributed by atoms with E-state index in [4.69, 9.17) is 4.74 Å². The van der Waals surface area contributed by atoms with Crippen LogP contribution in [0.2, 0.25) is 0 Å². The zero-order valence-electron chi connectivity index (χ0n) is 15.6. The first-order valence-electron chi connectivity index (χ1n) is 9.74. The molecule has 0 heterocycles. The van der Waals surface area contributed by atoms with E-state index in [1.165, 1.54) is 31.7 Å². The number of halogens is 5. The normalized spacial score (nSPS) is 29.5. The molecule has 0 radical (unpaired) electrons. The van der Waals surface area contributed by atoms with Crippen molar-refractivity contribution in [3.05, 3.63) is 27.3 Å². The van der Waals surface area contributed by atoms with Gasteiger partial charge in [0.05, 0.1) is 5.92 Å². The lowest BCUT2D eigenvalue weighted by Gasteiger charge is -2.38. The van der Waals surface area contributed by atoms with Crippen molar-refractivity contribution < 1.29 is 22.3 Å². The maximum absolute atomic E-state index is 14.6. The Kier molecular flexibility index (Phi) is 6.85. The Balaban J connectivity index is 1.60. The first-order chi connectivity index (χ1) is 12.8. The Morgan fingerprint density at radius 2 is 1.52 bits per heavy atom. The summed E-state index contributed by atoms with van der Waals surface area (Å²) in [6.45, 7) is 2.28. The van der Waals surface area contributed by atoms with Crippen molar-refractivity contribution in [2.45, 2.75) is 64.4 Å². The number of hydrogen-bond acceptors (Lipinski definition) is 1. The monoisotopic (exact) mass is 498 g/mol. The van der Waals surface area contributed by atoms with E-state index < -0.39 is 44.4 Å².